The van der Waals surface area contributed by atoms with Crippen LogP contribution in [0.1, 0.15) is 42.4 Å². The van der Waals surface area contributed by atoms with Gasteiger partial charge in [-0.2, -0.15) is 0 Å². The number of aryl methyl sites for hydroxylation is 1. The van der Waals surface area contributed by atoms with E-state index >= 15 is 0 Å². The van der Waals surface area contributed by atoms with Crippen molar-refractivity contribution in [1.82, 2.24) is 9.55 Å². The Morgan fingerprint density at radius 2 is 1.94 bits per heavy atom. The van der Waals surface area contributed by atoms with Gasteiger partial charge in [0.25, 0.3) is 0 Å². The van der Waals surface area contributed by atoms with Crippen LogP contribution in [0.5, 0.6) is 0 Å². The molecule has 0 aliphatic carbocycles. The van der Waals surface area contributed by atoms with Crippen LogP contribution in [-0.2, 0) is 28.9 Å². The Kier molecular flexibility index (Phi) is 7.90. The number of ether oxygens (including phenoxy) is 1. The van der Waals surface area contributed by atoms with Gasteiger partial charge in [-0.3, -0.25) is 0 Å². The van der Waals surface area contributed by atoms with Gasteiger partial charge in [-0.15, -0.1) is 0 Å². The average molecular weight is 438 g/mol. The molecule has 0 aliphatic rings. The molecule has 5 nitrogen and oxygen atoms in total. The third-order valence-corrected chi connectivity index (χ3v) is 5.52. The molecule has 0 saturated carbocycles. The Morgan fingerprint density at radius 1 is 1.19 bits per heavy atom. The molecule has 162 valence electrons. The predicted molar refractivity (Wildman–Crippen MR) is 126 cm³/mol. The fraction of sp³-hybridized carbons (Fsp3) is 0.280. The highest BCUT2D eigenvalue weighted by molar-refractivity contribution is 6.31. The first-order valence-electron chi connectivity index (χ1n) is 10.4. The van der Waals surface area contributed by atoms with E-state index in [1.54, 1.807) is 0 Å². The lowest BCUT2D eigenvalue weighted by molar-refractivity contribution is -0.136. The van der Waals surface area contributed by atoms with Crippen LogP contribution < -0.4 is 5.73 Å². The molecular formula is C25H28ClN3O2. The minimum Gasteiger partial charge on any atom is -0.466 e. The van der Waals surface area contributed by atoms with Crippen LogP contribution >= 0.6 is 11.6 Å². The fourth-order valence-corrected chi connectivity index (χ4v) is 3.60. The molecule has 0 spiro atoms. The van der Waals surface area contributed by atoms with Crippen LogP contribution in [0.4, 0.5) is 5.69 Å². The number of nitrogens with zero attached hydrogens (tertiary/aromatic N) is 2. The molecule has 0 fully saturated rings. The van der Waals surface area contributed by atoms with Crippen molar-refractivity contribution < 1.29 is 9.53 Å². The Balaban J connectivity index is 2.00. The lowest BCUT2D eigenvalue weighted by Gasteiger charge is -2.13. The number of halogens is 1. The lowest BCUT2D eigenvalue weighted by Crippen LogP contribution is -2.11. The zero-order valence-corrected chi connectivity index (χ0v) is 18.7. The van der Waals surface area contributed by atoms with E-state index in [9.17, 15) is 4.79 Å². The number of methoxy groups -OCH3 is 1. The molecule has 1 aromatic heterocycles. The Labute approximate surface area is 188 Å². The number of imidazole rings is 1. The molecule has 31 heavy (non-hydrogen) atoms. The fourth-order valence-electron chi connectivity index (χ4n) is 3.41. The van der Waals surface area contributed by atoms with E-state index in [0.29, 0.717) is 29.2 Å². The summed E-state index contributed by atoms with van der Waals surface area (Å²) in [7, 11) is 1.40. The number of aromatic nitrogens is 2. The van der Waals surface area contributed by atoms with Gasteiger partial charge in [-0.1, -0.05) is 55.3 Å². The number of rotatable bonds is 9. The molecule has 3 aromatic rings. The largest absolute Gasteiger partial charge is 0.466 e. The number of benzene rings is 2. The van der Waals surface area contributed by atoms with Crippen molar-refractivity contribution >= 4 is 29.3 Å². The zero-order chi connectivity index (χ0) is 22.2. The first-order valence-corrected chi connectivity index (χ1v) is 10.8. The second kappa shape index (κ2) is 10.8. The van der Waals surface area contributed by atoms with Crippen molar-refractivity contribution in [3.63, 3.8) is 0 Å². The maximum absolute atomic E-state index is 12.5. The van der Waals surface area contributed by atoms with E-state index in [2.05, 4.69) is 16.5 Å². The predicted octanol–water partition coefficient (Wildman–Crippen LogP) is 5.31. The van der Waals surface area contributed by atoms with Gasteiger partial charge in [-0.25, -0.2) is 9.78 Å². The van der Waals surface area contributed by atoms with Gasteiger partial charge in [0.15, 0.2) is 0 Å². The molecule has 0 bridgehead atoms. The number of hydrogen-bond acceptors (Lipinski definition) is 4. The first-order chi connectivity index (χ1) is 15.0. The second-order valence-electron chi connectivity index (χ2n) is 7.46. The first kappa shape index (κ1) is 22.6. The van der Waals surface area contributed by atoms with Crippen molar-refractivity contribution in [1.29, 1.82) is 0 Å². The molecule has 0 saturated heterocycles. The molecule has 1 heterocycles. The number of esters is 1. The number of anilines is 1. The average Bonchev–Trinajstić information content (AvgIpc) is 3.15. The summed E-state index contributed by atoms with van der Waals surface area (Å²) in [4.78, 5) is 17.2. The van der Waals surface area contributed by atoms with E-state index in [-0.39, 0.29) is 5.97 Å². The van der Waals surface area contributed by atoms with Crippen molar-refractivity contribution in [2.24, 2.45) is 0 Å². The van der Waals surface area contributed by atoms with Gasteiger partial charge in [0, 0.05) is 29.1 Å². The molecular weight excluding hydrogens is 410 g/mol. The number of carbonyl (C=O) groups excluding carboxylic acids is 1. The normalized spacial score (nSPS) is 11.5. The molecule has 2 N–H and O–H groups in total. The number of nitrogen functional groups attached to an aromatic ring is 1. The van der Waals surface area contributed by atoms with E-state index < -0.39 is 0 Å². The van der Waals surface area contributed by atoms with Crippen LogP contribution in [0, 0.1) is 0 Å². The molecule has 6 heteroatoms. The third kappa shape index (κ3) is 5.98. The maximum Gasteiger partial charge on any atom is 0.334 e. The van der Waals surface area contributed by atoms with Gasteiger partial charge in [-0.05, 0) is 41.8 Å². The van der Waals surface area contributed by atoms with Crippen molar-refractivity contribution in [2.45, 2.75) is 39.2 Å². The molecule has 2 aromatic carbocycles. The number of nitrogens with two attached hydrogens (primary N) is 1. The molecule has 0 radical (unpaired) electrons. The summed E-state index contributed by atoms with van der Waals surface area (Å²) in [5, 5.41) is 0.711. The summed E-state index contributed by atoms with van der Waals surface area (Å²) in [6.07, 6.45) is 7.09. The smallest absolute Gasteiger partial charge is 0.334 e. The number of unbranched alkanes of at least 4 members (excludes halogenated alkanes) is 1. The van der Waals surface area contributed by atoms with Crippen LogP contribution in [0.2, 0.25) is 5.02 Å². The van der Waals surface area contributed by atoms with Crippen LogP contribution in [0.15, 0.2) is 60.3 Å². The molecule has 0 amide bonds. The summed E-state index contributed by atoms with van der Waals surface area (Å²) in [5.74, 6) is 0.613. The summed E-state index contributed by atoms with van der Waals surface area (Å²) in [5.41, 5.74) is 9.86. The zero-order valence-electron chi connectivity index (χ0n) is 18.0. The van der Waals surface area contributed by atoms with Crippen LogP contribution in [0.3, 0.4) is 0 Å². The standard InChI is InChI=1S/C25H28ClN3O2/c1-3-4-9-24-28-16-22(29(24)17-19-7-5-6-8-23(19)26)15-20(25(30)31-2)14-18-10-12-21(27)13-11-18/h5-8,10-13,15-16H,3-4,9,14,17,27H2,1-2H3/b20-15+. The Morgan fingerprint density at radius 3 is 2.61 bits per heavy atom. The Hall–Kier alpha value is -3.05. The number of carbonyl (C=O) groups is 1. The van der Waals surface area contributed by atoms with E-state index in [1.165, 1.54) is 7.11 Å². The van der Waals surface area contributed by atoms with E-state index in [1.807, 2.05) is 60.8 Å². The van der Waals surface area contributed by atoms with Crippen molar-refractivity contribution in [2.75, 3.05) is 12.8 Å². The molecule has 0 aliphatic heterocycles. The van der Waals surface area contributed by atoms with Gasteiger partial charge in [0.05, 0.1) is 25.5 Å². The van der Waals surface area contributed by atoms with Gasteiger partial charge in [0.1, 0.15) is 5.82 Å². The highest BCUT2D eigenvalue weighted by atomic mass is 35.5. The monoisotopic (exact) mass is 437 g/mol. The topological polar surface area (TPSA) is 70.1 Å². The second-order valence-corrected chi connectivity index (χ2v) is 7.87. The molecule has 0 unspecified atom stereocenters. The Bertz CT molecular complexity index is 1050. The van der Waals surface area contributed by atoms with E-state index in [4.69, 9.17) is 22.1 Å². The van der Waals surface area contributed by atoms with Gasteiger partial charge in [0.2, 0.25) is 0 Å². The summed E-state index contributed by atoms with van der Waals surface area (Å²) in [6.45, 7) is 2.74. The quantitative estimate of drug-likeness (QED) is 0.280. The minimum atomic E-state index is -0.363. The molecule has 0 atom stereocenters. The summed E-state index contributed by atoms with van der Waals surface area (Å²) in [6, 6.07) is 15.3. The van der Waals surface area contributed by atoms with E-state index in [0.717, 1.165) is 41.9 Å². The highest BCUT2D eigenvalue weighted by Crippen LogP contribution is 2.22. The number of hydrogen-bond donors (Lipinski definition) is 1. The highest BCUT2D eigenvalue weighted by Gasteiger charge is 2.15. The summed E-state index contributed by atoms with van der Waals surface area (Å²) < 4.78 is 7.17. The summed E-state index contributed by atoms with van der Waals surface area (Å²) >= 11 is 6.42. The lowest BCUT2D eigenvalue weighted by atomic mass is 10.0. The van der Waals surface area contributed by atoms with Gasteiger partial charge < -0.3 is 15.0 Å². The van der Waals surface area contributed by atoms with Crippen LogP contribution in [0.25, 0.3) is 6.08 Å². The van der Waals surface area contributed by atoms with Gasteiger partial charge >= 0.3 is 5.97 Å². The maximum atomic E-state index is 12.5. The van der Waals surface area contributed by atoms with Crippen molar-refractivity contribution in [3.05, 3.63) is 88.0 Å². The van der Waals surface area contributed by atoms with Crippen LogP contribution in [-0.4, -0.2) is 22.6 Å². The third-order valence-electron chi connectivity index (χ3n) is 5.15. The van der Waals surface area contributed by atoms with Crippen molar-refractivity contribution in [3.8, 4) is 0 Å². The minimum absolute atomic E-state index is 0.363. The molecule has 3 rings (SSSR count). The SMILES string of the molecule is CCCCc1ncc(/C=C(\Cc2ccc(N)cc2)C(=O)OC)n1Cc1ccccc1Cl.